The summed E-state index contributed by atoms with van der Waals surface area (Å²) in [6, 6.07) is 10.9. The standard InChI is InChI=1S/C20H30N2O3/c1-20(2,3)25-19(23)22-10-9-17(21-11-13-24-14-12-21)15-18(22)16-7-5-4-6-8-16/h4-8,17-18H,9-15H2,1-3H3/t17-,18+/m1/s1. The first-order valence-corrected chi connectivity index (χ1v) is 9.30. The average Bonchev–Trinajstić information content (AvgIpc) is 2.61. The van der Waals surface area contributed by atoms with Crippen LogP contribution in [-0.4, -0.2) is 60.4 Å². The van der Waals surface area contributed by atoms with Crippen LogP contribution in [0.1, 0.15) is 45.2 Å². The van der Waals surface area contributed by atoms with Gasteiger partial charge in [-0.3, -0.25) is 4.90 Å². The summed E-state index contributed by atoms with van der Waals surface area (Å²) >= 11 is 0. The second-order valence-electron chi connectivity index (χ2n) is 7.93. The van der Waals surface area contributed by atoms with Gasteiger partial charge in [-0.25, -0.2) is 4.79 Å². The number of amides is 1. The number of hydrogen-bond donors (Lipinski definition) is 0. The van der Waals surface area contributed by atoms with E-state index in [2.05, 4.69) is 17.0 Å². The molecular weight excluding hydrogens is 316 g/mol. The molecule has 2 aliphatic heterocycles. The molecule has 0 aromatic heterocycles. The van der Waals surface area contributed by atoms with Gasteiger partial charge in [-0.1, -0.05) is 30.3 Å². The molecule has 1 amide bonds. The molecule has 0 N–H and O–H groups in total. The lowest BCUT2D eigenvalue weighted by Gasteiger charge is -2.44. The van der Waals surface area contributed by atoms with Crippen molar-refractivity contribution in [2.75, 3.05) is 32.8 Å². The van der Waals surface area contributed by atoms with E-state index in [9.17, 15) is 4.79 Å². The number of nitrogens with zero attached hydrogens (tertiary/aromatic N) is 2. The van der Waals surface area contributed by atoms with Crippen molar-refractivity contribution in [2.24, 2.45) is 0 Å². The minimum absolute atomic E-state index is 0.0673. The van der Waals surface area contributed by atoms with E-state index in [-0.39, 0.29) is 12.1 Å². The van der Waals surface area contributed by atoms with Gasteiger partial charge in [0.05, 0.1) is 19.3 Å². The minimum atomic E-state index is -0.473. The van der Waals surface area contributed by atoms with Gasteiger partial charge in [0, 0.05) is 25.7 Å². The van der Waals surface area contributed by atoms with Crippen molar-refractivity contribution in [1.82, 2.24) is 9.80 Å². The highest BCUT2D eigenvalue weighted by atomic mass is 16.6. The summed E-state index contributed by atoms with van der Waals surface area (Å²) in [4.78, 5) is 17.2. The van der Waals surface area contributed by atoms with E-state index in [4.69, 9.17) is 9.47 Å². The van der Waals surface area contributed by atoms with Crippen LogP contribution in [-0.2, 0) is 9.47 Å². The zero-order valence-electron chi connectivity index (χ0n) is 15.6. The smallest absolute Gasteiger partial charge is 0.410 e. The molecule has 0 aliphatic carbocycles. The number of morpholine rings is 1. The fourth-order valence-corrected chi connectivity index (χ4v) is 3.75. The average molecular weight is 346 g/mol. The molecule has 2 saturated heterocycles. The highest BCUT2D eigenvalue weighted by Gasteiger charge is 2.37. The van der Waals surface area contributed by atoms with Gasteiger partial charge >= 0.3 is 6.09 Å². The lowest BCUT2D eigenvalue weighted by Crippen LogP contribution is -2.51. The van der Waals surface area contributed by atoms with Crippen molar-refractivity contribution in [2.45, 2.75) is 51.3 Å². The van der Waals surface area contributed by atoms with E-state index in [0.29, 0.717) is 6.04 Å². The van der Waals surface area contributed by atoms with E-state index in [1.807, 2.05) is 43.9 Å². The van der Waals surface area contributed by atoms with Gasteiger partial charge in [0.15, 0.2) is 0 Å². The number of piperidine rings is 1. The van der Waals surface area contributed by atoms with Crippen molar-refractivity contribution < 1.29 is 14.3 Å². The van der Waals surface area contributed by atoms with Crippen molar-refractivity contribution in [3.63, 3.8) is 0 Å². The van der Waals surface area contributed by atoms with Crippen molar-refractivity contribution >= 4 is 6.09 Å². The molecule has 0 unspecified atom stereocenters. The third-order valence-electron chi connectivity index (χ3n) is 4.95. The molecule has 0 bridgehead atoms. The fourth-order valence-electron chi connectivity index (χ4n) is 3.75. The number of hydrogen-bond acceptors (Lipinski definition) is 4. The summed E-state index contributed by atoms with van der Waals surface area (Å²) in [6.07, 6.45) is 1.73. The molecule has 5 nitrogen and oxygen atoms in total. The molecule has 2 fully saturated rings. The molecule has 1 aromatic rings. The molecule has 3 rings (SSSR count). The first kappa shape index (κ1) is 18.2. The molecule has 5 heteroatoms. The van der Waals surface area contributed by atoms with Gasteiger partial charge < -0.3 is 14.4 Å². The third kappa shape index (κ3) is 4.73. The van der Waals surface area contributed by atoms with Crippen LogP contribution in [0.3, 0.4) is 0 Å². The molecule has 2 atom stereocenters. The summed E-state index contributed by atoms with van der Waals surface area (Å²) in [5.74, 6) is 0. The van der Waals surface area contributed by atoms with Gasteiger partial charge in [-0.15, -0.1) is 0 Å². The first-order valence-electron chi connectivity index (χ1n) is 9.30. The molecule has 2 heterocycles. The van der Waals surface area contributed by atoms with Crippen molar-refractivity contribution in [3.05, 3.63) is 35.9 Å². The first-order chi connectivity index (χ1) is 11.9. The Morgan fingerprint density at radius 1 is 1.12 bits per heavy atom. The molecule has 138 valence electrons. The summed E-state index contributed by atoms with van der Waals surface area (Å²) in [5.41, 5.74) is 0.714. The number of benzene rings is 1. The predicted octanol–water partition coefficient (Wildman–Crippen LogP) is 3.46. The third-order valence-corrected chi connectivity index (χ3v) is 4.95. The predicted molar refractivity (Wildman–Crippen MR) is 97.5 cm³/mol. The van der Waals surface area contributed by atoms with E-state index >= 15 is 0 Å². The van der Waals surface area contributed by atoms with Crippen LogP contribution >= 0.6 is 0 Å². The molecule has 2 aliphatic rings. The second-order valence-corrected chi connectivity index (χ2v) is 7.93. The quantitative estimate of drug-likeness (QED) is 0.822. The van der Waals surface area contributed by atoms with E-state index in [1.54, 1.807) is 0 Å². The number of carbonyl (C=O) groups is 1. The zero-order chi connectivity index (χ0) is 17.9. The SMILES string of the molecule is CC(C)(C)OC(=O)N1CC[C@@H](N2CCOCC2)C[C@H]1c1ccccc1. The van der Waals surface area contributed by atoms with Crippen LogP contribution in [0.5, 0.6) is 0 Å². The Morgan fingerprint density at radius 3 is 2.44 bits per heavy atom. The van der Waals surface area contributed by atoms with Crippen molar-refractivity contribution in [1.29, 1.82) is 0 Å². The molecule has 1 aromatic carbocycles. The Bertz CT molecular complexity index is 564. The van der Waals surface area contributed by atoms with Crippen LogP contribution in [0.25, 0.3) is 0 Å². The van der Waals surface area contributed by atoms with Crippen LogP contribution in [0.2, 0.25) is 0 Å². The Balaban J connectivity index is 1.77. The summed E-state index contributed by atoms with van der Waals surface area (Å²) < 4.78 is 11.2. The second kappa shape index (κ2) is 7.75. The molecule has 25 heavy (non-hydrogen) atoms. The van der Waals surface area contributed by atoms with Crippen LogP contribution < -0.4 is 0 Å². The minimum Gasteiger partial charge on any atom is -0.444 e. The maximum absolute atomic E-state index is 12.8. The van der Waals surface area contributed by atoms with Gasteiger partial charge in [-0.2, -0.15) is 0 Å². The summed E-state index contributed by atoms with van der Waals surface area (Å²) in [5, 5.41) is 0. The maximum Gasteiger partial charge on any atom is 0.410 e. The highest BCUT2D eigenvalue weighted by molar-refractivity contribution is 5.69. The van der Waals surface area contributed by atoms with Crippen LogP contribution in [0, 0.1) is 0 Å². The number of rotatable bonds is 2. The van der Waals surface area contributed by atoms with Gasteiger partial charge in [0.1, 0.15) is 5.60 Å². The van der Waals surface area contributed by atoms with Crippen LogP contribution in [0.4, 0.5) is 4.79 Å². The van der Waals surface area contributed by atoms with E-state index in [1.165, 1.54) is 5.56 Å². The number of carbonyl (C=O) groups excluding carboxylic acids is 1. The van der Waals surface area contributed by atoms with Gasteiger partial charge in [0.2, 0.25) is 0 Å². The lowest BCUT2D eigenvalue weighted by atomic mass is 9.91. The Hall–Kier alpha value is -1.59. The summed E-state index contributed by atoms with van der Waals surface area (Å²) in [7, 11) is 0. The largest absolute Gasteiger partial charge is 0.444 e. The van der Waals surface area contributed by atoms with Crippen LogP contribution in [0.15, 0.2) is 30.3 Å². The number of likely N-dealkylation sites (tertiary alicyclic amines) is 1. The Labute approximate surface area is 150 Å². The highest BCUT2D eigenvalue weighted by Crippen LogP contribution is 2.34. The lowest BCUT2D eigenvalue weighted by molar-refractivity contribution is -0.0232. The molecular formula is C20H30N2O3. The van der Waals surface area contributed by atoms with E-state index < -0.39 is 5.60 Å². The number of ether oxygens (including phenoxy) is 2. The van der Waals surface area contributed by atoms with Gasteiger partial charge in [-0.05, 0) is 39.2 Å². The molecule has 0 radical (unpaired) electrons. The normalized spacial score (nSPS) is 25.6. The zero-order valence-corrected chi connectivity index (χ0v) is 15.6. The maximum atomic E-state index is 12.8. The molecule has 0 spiro atoms. The molecule has 0 saturated carbocycles. The summed E-state index contributed by atoms with van der Waals surface area (Å²) in [6.45, 7) is 10.1. The monoisotopic (exact) mass is 346 g/mol. The van der Waals surface area contributed by atoms with Gasteiger partial charge in [0.25, 0.3) is 0 Å². The van der Waals surface area contributed by atoms with Crippen molar-refractivity contribution in [3.8, 4) is 0 Å². The fraction of sp³-hybridized carbons (Fsp3) is 0.650. The Kier molecular flexibility index (Phi) is 5.64. The Morgan fingerprint density at radius 2 is 1.80 bits per heavy atom. The van der Waals surface area contributed by atoms with E-state index in [0.717, 1.165) is 45.7 Å². The topological polar surface area (TPSA) is 42.0 Å².